The molecular formula is C10H18N2S. The van der Waals surface area contributed by atoms with E-state index in [0.29, 0.717) is 0 Å². The molecular weight excluding hydrogens is 180 g/mol. The van der Waals surface area contributed by atoms with Gasteiger partial charge in [0.25, 0.3) is 0 Å². The molecule has 3 heteroatoms. The topological polar surface area (TPSA) is 24.1 Å². The minimum Gasteiger partial charge on any atom is -0.360 e. The van der Waals surface area contributed by atoms with Gasteiger partial charge in [-0.05, 0) is 13.1 Å². The Bertz CT molecular complexity index is 189. The second-order valence-electron chi connectivity index (χ2n) is 2.12. The van der Waals surface area contributed by atoms with Crippen molar-refractivity contribution in [3.63, 3.8) is 0 Å². The van der Waals surface area contributed by atoms with Crippen LogP contribution in [0.4, 0.5) is 0 Å². The first-order valence-corrected chi connectivity index (χ1v) is 5.29. The van der Waals surface area contributed by atoms with E-state index in [9.17, 15) is 0 Å². The van der Waals surface area contributed by atoms with Crippen molar-refractivity contribution in [2.24, 2.45) is 0 Å². The Morgan fingerprint density at radius 1 is 1.38 bits per heavy atom. The molecule has 1 atom stereocenters. The second kappa shape index (κ2) is 6.80. The molecule has 1 aliphatic heterocycles. The minimum atomic E-state index is 0.260. The van der Waals surface area contributed by atoms with Gasteiger partial charge in [0.1, 0.15) is 5.50 Å². The molecule has 1 heterocycles. The van der Waals surface area contributed by atoms with E-state index >= 15 is 0 Å². The molecule has 0 aromatic heterocycles. The maximum Gasteiger partial charge on any atom is 0.130 e. The van der Waals surface area contributed by atoms with Crippen LogP contribution in [0.1, 0.15) is 13.8 Å². The van der Waals surface area contributed by atoms with Gasteiger partial charge in [0.05, 0.1) is 0 Å². The summed E-state index contributed by atoms with van der Waals surface area (Å²) in [6, 6.07) is 0. The highest BCUT2D eigenvalue weighted by Gasteiger charge is 2.18. The van der Waals surface area contributed by atoms with Crippen LogP contribution in [0.2, 0.25) is 0 Å². The van der Waals surface area contributed by atoms with Crippen molar-refractivity contribution < 1.29 is 0 Å². The lowest BCUT2D eigenvalue weighted by Crippen LogP contribution is -2.32. The summed E-state index contributed by atoms with van der Waals surface area (Å²) in [5.74, 6) is 0. The van der Waals surface area contributed by atoms with E-state index in [1.54, 1.807) is 17.8 Å². The molecule has 0 fully saturated rings. The van der Waals surface area contributed by atoms with E-state index in [1.165, 1.54) is 0 Å². The van der Waals surface area contributed by atoms with E-state index in [4.69, 9.17) is 0 Å². The van der Waals surface area contributed by atoms with Crippen LogP contribution in [0.3, 0.4) is 0 Å². The summed E-state index contributed by atoms with van der Waals surface area (Å²) < 4.78 is 0. The van der Waals surface area contributed by atoms with Crippen molar-refractivity contribution >= 4 is 11.8 Å². The normalized spacial score (nSPS) is 20.1. The molecule has 1 unspecified atom stereocenters. The van der Waals surface area contributed by atoms with Crippen LogP contribution in [-0.4, -0.2) is 12.5 Å². The summed E-state index contributed by atoms with van der Waals surface area (Å²) in [4.78, 5) is 1.15. The van der Waals surface area contributed by atoms with Gasteiger partial charge in [0.2, 0.25) is 0 Å². The van der Waals surface area contributed by atoms with Crippen molar-refractivity contribution in [2.75, 3.05) is 7.05 Å². The molecule has 0 saturated heterocycles. The highest BCUT2D eigenvalue weighted by atomic mass is 32.2. The zero-order valence-corrected chi connectivity index (χ0v) is 9.37. The Balaban J connectivity index is 0.000000671. The van der Waals surface area contributed by atoms with Crippen molar-refractivity contribution in [1.29, 1.82) is 0 Å². The highest BCUT2D eigenvalue weighted by molar-refractivity contribution is 8.04. The predicted molar refractivity (Wildman–Crippen MR) is 62.3 cm³/mol. The van der Waals surface area contributed by atoms with E-state index in [2.05, 4.69) is 23.8 Å². The van der Waals surface area contributed by atoms with Gasteiger partial charge in [-0.15, -0.1) is 0 Å². The van der Waals surface area contributed by atoms with Gasteiger partial charge in [-0.1, -0.05) is 44.8 Å². The highest BCUT2D eigenvalue weighted by Crippen LogP contribution is 2.29. The standard InChI is InChI=1S/C8H12N2S.C2H6/c1-4-6-7(5-2)11-8(9-3)10-6;1-2/h4-5,8-10H,1-2H2,3H3;1-2H3. The van der Waals surface area contributed by atoms with Gasteiger partial charge in [0, 0.05) is 10.6 Å². The first-order valence-electron chi connectivity index (χ1n) is 4.41. The number of rotatable bonds is 3. The fourth-order valence-corrected chi connectivity index (χ4v) is 1.80. The Morgan fingerprint density at radius 3 is 2.31 bits per heavy atom. The van der Waals surface area contributed by atoms with Crippen molar-refractivity contribution in [2.45, 2.75) is 19.3 Å². The number of allylic oxidation sites excluding steroid dienone is 2. The van der Waals surface area contributed by atoms with Crippen LogP contribution < -0.4 is 10.6 Å². The van der Waals surface area contributed by atoms with Gasteiger partial charge < -0.3 is 5.32 Å². The Morgan fingerprint density at radius 2 is 2.00 bits per heavy atom. The molecule has 74 valence electrons. The average Bonchev–Trinajstić information content (AvgIpc) is 2.63. The molecule has 0 aromatic rings. The zero-order valence-electron chi connectivity index (χ0n) is 8.55. The van der Waals surface area contributed by atoms with Crippen molar-refractivity contribution in [1.82, 2.24) is 10.6 Å². The molecule has 0 amide bonds. The summed E-state index contributed by atoms with van der Waals surface area (Å²) in [6.07, 6.45) is 3.65. The predicted octanol–water partition coefficient (Wildman–Crippen LogP) is 2.44. The van der Waals surface area contributed by atoms with Gasteiger partial charge in [-0.2, -0.15) is 0 Å². The summed E-state index contributed by atoms with van der Waals surface area (Å²) in [5, 5.41) is 6.34. The molecule has 2 N–H and O–H groups in total. The maximum absolute atomic E-state index is 3.72. The number of hydrogen-bond acceptors (Lipinski definition) is 3. The second-order valence-corrected chi connectivity index (χ2v) is 3.26. The monoisotopic (exact) mass is 198 g/mol. The lowest BCUT2D eigenvalue weighted by atomic mass is 10.4. The molecule has 0 aliphatic carbocycles. The molecule has 0 bridgehead atoms. The van der Waals surface area contributed by atoms with Crippen molar-refractivity contribution in [3.05, 3.63) is 35.9 Å². The largest absolute Gasteiger partial charge is 0.360 e. The Kier molecular flexibility index (Phi) is 6.45. The lowest BCUT2D eigenvalue weighted by Gasteiger charge is -2.08. The molecule has 0 saturated carbocycles. The van der Waals surface area contributed by atoms with Crippen LogP contribution >= 0.6 is 11.8 Å². The summed E-state index contributed by atoms with van der Waals surface area (Å²) in [7, 11) is 1.91. The first kappa shape index (κ1) is 12.3. The van der Waals surface area contributed by atoms with Crippen molar-refractivity contribution in [3.8, 4) is 0 Å². The number of hydrogen-bond donors (Lipinski definition) is 2. The van der Waals surface area contributed by atoms with E-state index in [1.807, 2.05) is 27.0 Å². The first-order chi connectivity index (χ1) is 6.31. The molecule has 13 heavy (non-hydrogen) atoms. The van der Waals surface area contributed by atoms with E-state index in [-0.39, 0.29) is 5.50 Å². The summed E-state index contributed by atoms with van der Waals surface area (Å²) >= 11 is 1.71. The Labute approximate surface area is 85.2 Å². The van der Waals surface area contributed by atoms with Gasteiger partial charge in [0.15, 0.2) is 0 Å². The molecule has 0 radical (unpaired) electrons. The lowest BCUT2D eigenvalue weighted by molar-refractivity contribution is 0.677. The molecule has 1 aliphatic rings. The average molecular weight is 198 g/mol. The van der Waals surface area contributed by atoms with E-state index < -0.39 is 0 Å². The molecule has 2 nitrogen and oxygen atoms in total. The van der Waals surface area contributed by atoms with Gasteiger partial charge in [-0.3, -0.25) is 5.32 Å². The third kappa shape index (κ3) is 3.28. The fraction of sp³-hybridized carbons (Fsp3) is 0.400. The quantitative estimate of drug-likeness (QED) is 0.728. The Hall–Kier alpha value is -0.670. The molecule has 0 spiro atoms. The van der Waals surface area contributed by atoms with Crippen LogP contribution in [-0.2, 0) is 0 Å². The SMILES string of the molecule is C=CC1=C(C=C)SC(NC)N1.CC. The molecule has 1 rings (SSSR count). The van der Waals surface area contributed by atoms with Gasteiger partial charge in [-0.25, -0.2) is 0 Å². The maximum atomic E-state index is 3.72. The van der Waals surface area contributed by atoms with Crippen LogP contribution in [0.15, 0.2) is 35.9 Å². The minimum absolute atomic E-state index is 0.260. The van der Waals surface area contributed by atoms with Crippen LogP contribution in [0.5, 0.6) is 0 Å². The summed E-state index contributed by atoms with van der Waals surface area (Å²) in [5.41, 5.74) is 1.32. The van der Waals surface area contributed by atoms with Gasteiger partial charge >= 0.3 is 0 Å². The summed E-state index contributed by atoms with van der Waals surface area (Å²) in [6.45, 7) is 11.4. The third-order valence-corrected chi connectivity index (χ3v) is 2.68. The van der Waals surface area contributed by atoms with E-state index in [0.717, 1.165) is 10.6 Å². The number of nitrogens with one attached hydrogen (secondary N) is 2. The zero-order chi connectivity index (χ0) is 10.3. The third-order valence-electron chi connectivity index (χ3n) is 1.45. The van der Waals surface area contributed by atoms with Crippen LogP contribution in [0.25, 0.3) is 0 Å². The smallest absolute Gasteiger partial charge is 0.130 e. The molecule has 0 aromatic carbocycles. The fourth-order valence-electron chi connectivity index (χ4n) is 0.881. The number of thioether (sulfide) groups is 1. The van der Waals surface area contributed by atoms with Crippen LogP contribution in [0, 0.1) is 0 Å².